The summed E-state index contributed by atoms with van der Waals surface area (Å²) in [7, 11) is 0. The minimum Gasteiger partial charge on any atom is -0.309 e. The Hall–Kier alpha value is -1.48. The third-order valence-corrected chi connectivity index (χ3v) is 1.84. The van der Waals surface area contributed by atoms with Crippen LogP contribution in [0.2, 0.25) is 0 Å². The third kappa shape index (κ3) is 3.49. The van der Waals surface area contributed by atoms with E-state index < -0.39 is 0 Å². The zero-order chi connectivity index (χ0) is 10.6. The number of nitrogens with two attached hydrogens (primary N) is 1. The van der Waals surface area contributed by atoms with Crippen LogP contribution in [0.1, 0.15) is 18.9 Å². The first kappa shape index (κ1) is 10.6. The zero-order valence-electron chi connectivity index (χ0n) is 8.50. The van der Waals surface area contributed by atoms with Crippen molar-refractivity contribution < 1.29 is 10.1 Å². The van der Waals surface area contributed by atoms with Gasteiger partial charge in [0.1, 0.15) is 12.1 Å². The summed E-state index contributed by atoms with van der Waals surface area (Å²) < 4.78 is 0. The van der Waals surface area contributed by atoms with Gasteiger partial charge in [-0.15, -0.1) is 0 Å². The Labute approximate surface area is 83.7 Å². The molecule has 0 radical (unpaired) electrons. The maximum absolute atomic E-state index is 11.3. The molecule has 0 spiro atoms. The number of benzene rings is 1. The van der Waals surface area contributed by atoms with Gasteiger partial charge in [0.25, 0.3) is 0 Å². The number of carbonyl (C=O) groups is 1. The second-order valence-corrected chi connectivity index (χ2v) is 3.48. The molecule has 0 unspecified atom stereocenters. The third-order valence-electron chi connectivity index (χ3n) is 1.84. The second-order valence-electron chi connectivity index (χ2n) is 3.48. The van der Waals surface area contributed by atoms with Crippen molar-refractivity contribution in [2.75, 3.05) is 0 Å². The molecule has 0 aromatic heterocycles. The van der Waals surface area contributed by atoms with Crippen LogP contribution in [0.15, 0.2) is 24.3 Å². The summed E-state index contributed by atoms with van der Waals surface area (Å²) in [4.78, 5) is 11.3. The molecule has 0 fully saturated rings. The van der Waals surface area contributed by atoms with E-state index in [-0.39, 0.29) is 12.3 Å². The van der Waals surface area contributed by atoms with E-state index in [1.54, 1.807) is 12.2 Å². The van der Waals surface area contributed by atoms with Gasteiger partial charge in [0, 0.05) is 5.71 Å². The molecule has 0 aliphatic rings. The van der Waals surface area contributed by atoms with Crippen molar-refractivity contribution in [3.63, 3.8) is 0 Å². The Bertz CT molecular complexity index is 341. The minimum absolute atomic E-state index is 0.0126. The van der Waals surface area contributed by atoms with Gasteiger partial charge in [0.2, 0.25) is 0 Å². The summed E-state index contributed by atoms with van der Waals surface area (Å²) in [6, 6.07) is 7.76. The fourth-order valence-electron chi connectivity index (χ4n) is 1.16. The summed E-state index contributed by atoms with van der Waals surface area (Å²) in [5.41, 5.74) is 2.48. The molecule has 1 aromatic carbocycles. The molecule has 0 atom stereocenters. The number of quaternary nitrogens is 1. The monoisotopic (exact) mass is 191 g/mol. The topological polar surface area (TPSA) is 57.5 Å². The van der Waals surface area contributed by atoms with Gasteiger partial charge in [0.05, 0.1) is 0 Å². The number of nitrogens with one attached hydrogen (secondary N) is 1. The standard InChI is InChI=1S/C11H14N2O/c1-8-3-5-10(6-4-8)13-11(14)7-9(2)12/h3-6,12H,7H2,1-2H3,(H,13,14)/p+1. The van der Waals surface area contributed by atoms with Crippen molar-refractivity contribution in [2.45, 2.75) is 20.3 Å². The molecule has 1 rings (SSSR count). The van der Waals surface area contributed by atoms with Gasteiger partial charge in [-0.05, 0) is 26.0 Å². The summed E-state index contributed by atoms with van der Waals surface area (Å²) >= 11 is 0. The first-order valence-electron chi connectivity index (χ1n) is 4.56. The van der Waals surface area contributed by atoms with Crippen LogP contribution < -0.4 is 5.32 Å². The Morgan fingerprint density at radius 3 is 2.43 bits per heavy atom. The highest BCUT2D eigenvalue weighted by Gasteiger charge is 2.08. The van der Waals surface area contributed by atoms with E-state index in [1.165, 1.54) is 5.56 Å². The van der Waals surface area contributed by atoms with Gasteiger partial charge >= 0.3 is 5.91 Å². The average Bonchev–Trinajstić information content (AvgIpc) is 2.07. The van der Waals surface area contributed by atoms with Gasteiger partial charge in [-0.3, -0.25) is 5.32 Å². The van der Waals surface area contributed by atoms with Gasteiger partial charge in [0.15, 0.2) is 0 Å². The molecule has 74 valence electrons. The van der Waals surface area contributed by atoms with Crippen molar-refractivity contribution in [3.05, 3.63) is 29.8 Å². The number of hydrogen-bond acceptors (Lipinski definition) is 2. The van der Waals surface area contributed by atoms with Crippen molar-refractivity contribution in [2.24, 2.45) is 0 Å². The Morgan fingerprint density at radius 2 is 1.93 bits per heavy atom. The molecule has 1 amide bonds. The molecule has 3 heteroatoms. The highest BCUT2D eigenvalue weighted by Crippen LogP contribution is 2.02. The number of amides is 1. The highest BCUT2D eigenvalue weighted by atomic mass is 16.1. The molecule has 3 nitrogen and oxygen atoms in total. The normalized spacial score (nSPS) is 9.86. The lowest BCUT2D eigenvalue weighted by atomic mass is 10.2. The molecular formula is C11H15N2O+. The van der Waals surface area contributed by atoms with E-state index in [0.717, 1.165) is 5.69 Å². The van der Waals surface area contributed by atoms with E-state index in [4.69, 9.17) is 5.41 Å². The van der Waals surface area contributed by atoms with Crippen LogP contribution in [-0.4, -0.2) is 11.6 Å². The van der Waals surface area contributed by atoms with E-state index in [2.05, 4.69) is 0 Å². The van der Waals surface area contributed by atoms with Crippen molar-refractivity contribution in [1.82, 2.24) is 0 Å². The Balaban J connectivity index is 2.56. The largest absolute Gasteiger partial charge is 0.321 e. The van der Waals surface area contributed by atoms with Crippen molar-refractivity contribution >= 4 is 17.3 Å². The lowest BCUT2D eigenvalue weighted by Crippen LogP contribution is -2.82. The smallest absolute Gasteiger partial charge is 0.309 e. The lowest BCUT2D eigenvalue weighted by molar-refractivity contribution is -0.482. The number of rotatable bonds is 3. The molecular weight excluding hydrogens is 176 g/mol. The number of primary amides is 1. The van der Waals surface area contributed by atoms with Gasteiger partial charge in [-0.25, -0.2) is 4.79 Å². The SMILES string of the molecule is CC(=N)CC(=O)[NH2+]c1ccc(C)cc1. The molecule has 1 aromatic rings. The predicted octanol–water partition coefficient (Wildman–Crippen LogP) is 1.15. The Morgan fingerprint density at radius 1 is 1.36 bits per heavy atom. The van der Waals surface area contributed by atoms with Crippen LogP contribution in [0, 0.1) is 12.3 Å². The van der Waals surface area contributed by atoms with Gasteiger partial charge < -0.3 is 5.41 Å². The number of hydrogen-bond donors (Lipinski definition) is 2. The molecule has 0 saturated carbocycles. The quantitative estimate of drug-likeness (QED) is 0.546. The fourth-order valence-corrected chi connectivity index (χ4v) is 1.16. The molecule has 0 saturated heterocycles. The Kier molecular flexibility index (Phi) is 3.54. The zero-order valence-corrected chi connectivity index (χ0v) is 8.50. The summed E-state index contributed by atoms with van der Waals surface area (Å²) in [6.07, 6.45) is 0.216. The first-order valence-corrected chi connectivity index (χ1v) is 4.56. The summed E-state index contributed by atoms with van der Waals surface area (Å²) in [5.74, 6) is -0.0126. The molecule has 0 bridgehead atoms. The second kappa shape index (κ2) is 4.67. The van der Waals surface area contributed by atoms with Crippen LogP contribution in [-0.2, 0) is 4.79 Å². The van der Waals surface area contributed by atoms with E-state index in [1.807, 2.05) is 31.2 Å². The predicted molar refractivity (Wildman–Crippen MR) is 55.8 cm³/mol. The highest BCUT2D eigenvalue weighted by molar-refractivity contribution is 5.94. The van der Waals surface area contributed by atoms with E-state index in [0.29, 0.717) is 5.71 Å². The summed E-state index contributed by atoms with van der Waals surface area (Å²) in [5, 5.41) is 8.76. The van der Waals surface area contributed by atoms with Gasteiger partial charge in [-0.2, -0.15) is 0 Å². The van der Waals surface area contributed by atoms with E-state index in [9.17, 15) is 4.79 Å². The molecule has 0 aliphatic heterocycles. The fraction of sp³-hybridized carbons (Fsp3) is 0.273. The number of aryl methyl sites for hydroxylation is 1. The molecule has 14 heavy (non-hydrogen) atoms. The lowest BCUT2D eigenvalue weighted by Gasteiger charge is -1.98. The van der Waals surface area contributed by atoms with E-state index >= 15 is 0 Å². The minimum atomic E-state index is -0.0126. The molecule has 3 N–H and O–H groups in total. The molecule has 0 heterocycles. The van der Waals surface area contributed by atoms with Crippen LogP contribution in [0.3, 0.4) is 0 Å². The van der Waals surface area contributed by atoms with Crippen LogP contribution in [0.5, 0.6) is 0 Å². The number of carbonyl (C=O) groups excluding carboxylic acids is 1. The van der Waals surface area contributed by atoms with Crippen LogP contribution in [0.25, 0.3) is 0 Å². The maximum Gasteiger partial charge on any atom is 0.321 e. The van der Waals surface area contributed by atoms with Crippen molar-refractivity contribution in [3.8, 4) is 0 Å². The molecule has 0 aliphatic carbocycles. The maximum atomic E-state index is 11.3. The van der Waals surface area contributed by atoms with Crippen LogP contribution >= 0.6 is 0 Å². The summed E-state index contributed by atoms with van der Waals surface area (Å²) in [6.45, 7) is 3.65. The average molecular weight is 191 g/mol. The van der Waals surface area contributed by atoms with Crippen LogP contribution in [0.4, 0.5) is 5.69 Å². The first-order chi connectivity index (χ1) is 6.58. The van der Waals surface area contributed by atoms with Crippen molar-refractivity contribution in [1.29, 1.82) is 5.41 Å². The van der Waals surface area contributed by atoms with Gasteiger partial charge in [-0.1, -0.05) is 17.7 Å².